The second-order valence-electron chi connectivity index (χ2n) is 2.90. The van der Waals surface area contributed by atoms with Crippen LogP contribution in [0.25, 0.3) is 0 Å². The highest BCUT2D eigenvalue weighted by Crippen LogP contribution is 2.27. The van der Waals surface area contributed by atoms with Crippen LogP contribution in [0.1, 0.15) is 10.5 Å². The van der Waals surface area contributed by atoms with Gasteiger partial charge in [0.15, 0.2) is 5.69 Å². The maximum Gasteiger partial charge on any atom is 0.410 e. The fourth-order valence-corrected chi connectivity index (χ4v) is 3.40. The van der Waals surface area contributed by atoms with Crippen LogP contribution in [0.4, 0.5) is 5.00 Å². The SMILES string of the molecule is O=C(OS(=O)(=O)Nc1ccc(Cl)s1)c1cscn1. The predicted octanol–water partition coefficient (Wildman–Crippen LogP) is 2.37. The van der Waals surface area contributed by atoms with Crippen molar-refractivity contribution in [3.05, 3.63) is 33.1 Å². The van der Waals surface area contributed by atoms with E-state index in [-0.39, 0.29) is 10.7 Å². The van der Waals surface area contributed by atoms with Crippen molar-refractivity contribution in [3.63, 3.8) is 0 Å². The highest BCUT2D eigenvalue weighted by Gasteiger charge is 2.20. The van der Waals surface area contributed by atoms with E-state index < -0.39 is 16.3 Å². The number of aromatic nitrogens is 1. The first-order chi connectivity index (χ1) is 8.46. The van der Waals surface area contributed by atoms with Gasteiger partial charge in [-0.2, -0.15) is 8.42 Å². The molecule has 2 heterocycles. The van der Waals surface area contributed by atoms with Gasteiger partial charge < -0.3 is 4.18 Å². The number of nitrogens with one attached hydrogen (secondary N) is 1. The molecule has 0 amide bonds. The Bertz CT molecular complexity index is 650. The van der Waals surface area contributed by atoms with Gasteiger partial charge in [0.2, 0.25) is 0 Å². The van der Waals surface area contributed by atoms with Crippen LogP contribution >= 0.6 is 34.3 Å². The van der Waals surface area contributed by atoms with Gasteiger partial charge in [0.1, 0.15) is 5.00 Å². The monoisotopic (exact) mass is 324 g/mol. The van der Waals surface area contributed by atoms with E-state index in [9.17, 15) is 13.2 Å². The number of hydrogen-bond donors (Lipinski definition) is 1. The van der Waals surface area contributed by atoms with Crippen LogP contribution in [0.5, 0.6) is 0 Å². The Morgan fingerprint density at radius 1 is 1.44 bits per heavy atom. The van der Waals surface area contributed by atoms with Crippen molar-refractivity contribution in [3.8, 4) is 0 Å². The molecule has 0 spiro atoms. The second-order valence-corrected chi connectivity index (χ2v) is 6.62. The molecule has 0 atom stereocenters. The Labute approximate surface area is 115 Å². The minimum Gasteiger partial charge on any atom is -0.324 e. The Balaban J connectivity index is 2.06. The molecule has 0 saturated carbocycles. The van der Waals surface area contributed by atoms with Crippen molar-refractivity contribution < 1.29 is 17.4 Å². The zero-order valence-corrected chi connectivity index (χ0v) is 11.7. The third-order valence-corrected chi connectivity index (χ3v) is 4.33. The molecule has 0 radical (unpaired) electrons. The molecular weight excluding hydrogens is 320 g/mol. The lowest BCUT2D eigenvalue weighted by molar-refractivity contribution is 0.0743. The molecule has 2 rings (SSSR count). The topological polar surface area (TPSA) is 85.4 Å². The van der Waals surface area contributed by atoms with Crippen molar-refractivity contribution in [1.82, 2.24) is 4.98 Å². The fourth-order valence-electron chi connectivity index (χ4n) is 0.969. The molecule has 96 valence electrons. The number of halogens is 1. The van der Waals surface area contributed by atoms with Crippen molar-refractivity contribution >= 4 is 55.5 Å². The molecule has 0 aromatic carbocycles. The molecule has 0 aliphatic heterocycles. The Hall–Kier alpha value is -1.16. The summed E-state index contributed by atoms with van der Waals surface area (Å²) >= 11 is 7.81. The third-order valence-electron chi connectivity index (χ3n) is 1.63. The molecule has 1 N–H and O–H groups in total. The van der Waals surface area contributed by atoms with Gasteiger partial charge in [-0.05, 0) is 12.1 Å². The predicted molar refractivity (Wildman–Crippen MR) is 69.4 cm³/mol. The Kier molecular flexibility index (Phi) is 3.85. The lowest BCUT2D eigenvalue weighted by Gasteiger charge is -2.04. The summed E-state index contributed by atoms with van der Waals surface area (Å²) in [6.07, 6.45) is 0. The highest BCUT2D eigenvalue weighted by molar-refractivity contribution is 7.88. The molecule has 2 aromatic rings. The summed E-state index contributed by atoms with van der Waals surface area (Å²) in [5, 5.41) is 1.64. The van der Waals surface area contributed by atoms with Gasteiger partial charge >= 0.3 is 16.3 Å². The van der Waals surface area contributed by atoms with E-state index in [1.165, 1.54) is 23.0 Å². The largest absolute Gasteiger partial charge is 0.410 e. The normalized spacial score (nSPS) is 11.2. The lowest BCUT2D eigenvalue weighted by atomic mass is 10.5. The van der Waals surface area contributed by atoms with Crippen LogP contribution in [0.15, 0.2) is 23.0 Å². The molecule has 10 heteroatoms. The molecule has 2 aromatic heterocycles. The molecule has 0 fully saturated rings. The lowest BCUT2D eigenvalue weighted by Crippen LogP contribution is -2.20. The maximum atomic E-state index is 11.5. The van der Waals surface area contributed by atoms with Crippen molar-refractivity contribution in [2.45, 2.75) is 0 Å². The third kappa shape index (κ3) is 3.42. The highest BCUT2D eigenvalue weighted by atomic mass is 35.5. The summed E-state index contributed by atoms with van der Waals surface area (Å²) in [6, 6.07) is 2.98. The van der Waals surface area contributed by atoms with Gasteiger partial charge in [-0.15, -0.1) is 22.7 Å². The number of thiazole rings is 1. The molecule has 6 nitrogen and oxygen atoms in total. The van der Waals surface area contributed by atoms with Crippen LogP contribution in [0.2, 0.25) is 4.34 Å². The summed E-state index contributed by atoms with van der Waals surface area (Å²) in [7, 11) is -4.23. The van der Waals surface area contributed by atoms with E-state index in [1.807, 2.05) is 0 Å². The van der Waals surface area contributed by atoms with E-state index >= 15 is 0 Å². The van der Waals surface area contributed by atoms with Crippen LogP contribution in [-0.4, -0.2) is 19.4 Å². The van der Waals surface area contributed by atoms with E-state index in [1.54, 1.807) is 0 Å². The van der Waals surface area contributed by atoms with Crippen molar-refractivity contribution in [1.29, 1.82) is 0 Å². The van der Waals surface area contributed by atoms with Crippen molar-refractivity contribution in [2.75, 3.05) is 4.72 Å². The van der Waals surface area contributed by atoms with Gasteiger partial charge in [0.25, 0.3) is 0 Å². The van der Waals surface area contributed by atoms with E-state index in [0.29, 0.717) is 4.34 Å². The molecule has 0 bridgehead atoms. The second kappa shape index (κ2) is 5.22. The number of carbonyl (C=O) groups is 1. The minimum absolute atomic E-state index is 0.0606. The average molecular weight is 325 g/mol. The van der Waals surface area contributed by atoms with Crippen molar-refractivity contribution in [2.24, 2.45) is 0 Å². The molecule has 18 heavy (non-hydrogen) atoms. The minimum atomic E-state index is -4.23. The van der Waals surface area contributed by atoms with Crippen LogP contribution in [0.3, 0.4) is 0 Å². The summed E-state index contributed by atoms with van der Waals surface area (Å²) < 4.78 is 29.8. The molecule has 0 unspecified atom stereocenters. The number of carbonyl (C=O) groups excluding carboxylic acids is 1. The number of anilines is 1. The molecule has 0 aliphatic carbocycles. The first-order valence-corrected chi connectivity index (χ1v) is 7.91. The first kappa shape index (κ1) is 13.3. The Morgan fingerprint density at radius 3 is 2.78 bits per heavy atom. The molecular formula is C8H5ClN2O4S3. The van der Waals surface area contributed by atoms with Gasteiger partial charge in [0.05, 0.1) is 9.85 Å². The smallest absolute Gasteiger partial charge is 0.324 e. The van der Waals surface area contributed by atoms with Crippen LogP contribution in [-0.2, 0) is 14.5 Å². The fraction of sp³-hybridized carbons (Fsp3) is 0. The van der Waals surface area contributed by atoms with E-state index in [4.69, 9.17) is 11.6 Å². The summed E-state index contributed by atoms with van der Waals surface area (Å²) in [4.78, 5) is 15.0. The molecule has 0 aliphatic rings. The first-order valence-electron chi connectivity index (χ1n) is 4.36. The average Bonchev–Trinajstić information content (AvgIpc) is 2.88. The summed E-state index contributed by atoms with van der Waals surface area (Å²) in [5.74, 6) is -1.04. The number of nitrogens with zero attached hydrogens (tertiary/aromatic N) is 1. The van der Waals surface area contributed by atoms with E-state index in [0.717, 1.165) is 22.7 Å². The zero-order valence-electron chi connectivity index (χ0n) is 8.49. The van der Waals surface area contributed by atoms with Gasteiger partial charge in [0, 0.05) is 5.38 Å². The standard InChI is InChI=1S/C8H5ClN2O4S3/c9-6-1-2-7(17-6)11-18(13,14)15-8(12)5-3-16-4-10-5/h1-4,11H. The van der Waals surface area contributed by atoms with Gasteiger partial charge in [-0.3, -0.25) is 0 Å². The number of rotatable bonds is 4. The summed E-state index contributed by atoms with van der Waals surface area (Å²) in [5.41, 5.74) is 1.34. The molecule has 0 saturated heterocycles. The van der Waals surface area contributed by atoms with Gasteiger partial charge in [-0.1, -0.05) is 11.6 Å². The Morgan fingerprint density at radius 2 is 2.22 bits per heavy atom. The number of hydrogen-bond acceptors (Lipinski definition) is 7. The van der Waals surface area contributed by atoms with Gasteiger partial charge in [-0.25, -0.2) is 14.5 Å². The van der Waals surface area contributed by atoms with E-state index in [2.05, 4.69) is 13.9 Å². The summed E-state index contributed by atoms with van der Waals surface area (Å²) in [6.45, 7) is 0. The van der Waals surface area contributed by atoms with Crippen LogP contribution < -0.4 is 4.72 Å². The van der Waals surface area contributed by atoms with Crippen LogP contribution in [0, 0.1) is 0 Å². The zero-order chi connectivity index (χ0) is 13.2. The maximum absolute atomic E-state index is 11.5. The number of thiophene rings is 1. The quantitative estimate of drug-likeness (QED) is 0.933.